The van der Waals surface area contributed by atoms with Crippen LogP contribution >= 0.6 is 0 Å². The Morgan fingerprint density at radius 3 is 2.58 bits per heavy atom. The lowest BCUT2D eigenvalue weighted by molar-refractivity contribution is -0.276. The summed E-state index contributed by atoms with van der Waals surface area (Å²) >= 11 is 0. The number of unbranched alkanes of at least 4 members (excludes halogenated alkanes) is 5. The van der Waals surface area contributed by atoms with E-state index in [2.05, 4.69) is 31.3 Å². The number of aliphatic hydroxyl groups is 1. The Kier molecular flexibility index (Phi) is 19.7. The average molecular weight is 372 g/mol. The third-order valence-corrected chi connectivity index (χ3v) is 4.31. The Balaban J connectivity index is 3.96. The number of carbonyl (C=O) groups is 1. The van der Waals surface area contributed by atoms with Crippen LogP contribution in [0.2, 0.25) is 0 Å². The van der Waals surface area contributed by atoms with Crippen LogP contribution in [-0.2, 0) is 14.6 Å². The lowest BCUT2D eigenvalue weighted by Crippen LogP contribution is -2.25. The van der Waals surface area contributed by atoms with Gasteiger partial charge in [0, 0.05) is 6.61 Å². The van der Waals surface area contributed by atoms with E-state index in [1.165, 1.54) is 12.8 Å². The van der Waals surface area contributed by atoms with Crippen LogP contribution in [0.4, 0.5) is 0 Å². The van der Waals surface area contributed by atoms with E-state index >= 15 is 0 Å². The van der Waals surface area contributed by atoms with Crippen LogP contribution in [0.5, 0.6) is 0 Å². The molecule has 26 heavy (non-hydrogen) atoms. The van der Waals surface area contributed by atoms with E-state index in [0.29, 0.717) is 6.61 Å². The van der Waals surface area contributed by atoms with Crippen molar-refractivity contribution in [1.82, 2.24) is 5.32 Å². The molecule has 0 amide bonds. The molecule has 0 rings (SSSR count). The van der Waals surface area contributed by atoms with E-state index in [-0.39, 0.29) is 18.5 Å². The van der Waals surface area contributed by atoms with Crippen molar-refractivity contribution in [3.63, 3.8) is 0 Å². The number of hydrogen-bond acceptors (Lipinski definition) is 5. The van der Waals surface area contributed by atoms with Crippen LogP contribution in [0.3, 0.4) is 0 Å². The van der Waals surface area contributed by atoms with E-state index in [1.807, 2.05) is 0 Å². The SMILES string of the molecule is CC/C=C\CCCCOOC(=O)C(CCCCCC)CCNCCCO. The van der Waals surface area contributed by atoms with Crippen LogP contribution < -0.4 is 5.32 Å². The highest BCUT2D eigenvalue weighted by Gasteiger charge is 2.20. The minimum Gasteiger partial charge on any atom is -0.396 e. The molecular weight excluding hydrogens is 330 g/mol. The third-order valence-electron chi connectivity index (χ3n) is 4.31. The standard InChI is InChI=1S/C21H41NO4/c1-3-5-7-9-10-12-19-25-26-21(24)20(14-11-8-6-4-2)15-17-22-16-13-18-23/h5,7,20,22-23H,3-4,6,8-19H2,1-2H3/b7-5-. The largest absolute Gasteiger partial charge is 0.396 e. The lowest BCUT2D eigenvalue weighted by atomic mass is 9.97. The maximum atomic E-state index is 12.3. The van der Waals surface area contributed by atoms with Gasteiger partial charge in [-0.05, 0) is 58.0 Å². The van der Waals surface area contributed by atoms with Crippen LogP contribution in [0.1, 0.15) is 84.5 Å². The van der Waals surface area contributed by atoms with Gasteiger partial charge in [-0.15, -0.1) is 0 Å². The molecule has 0 aliphatic heterocycles. The molecule has 5 heteroatoms. The van der Waals surface area contributed by atoms with Crippen LogP contribution in [-0.4, -0.2) is 37.4 Å². The van der Waals surface area contributed by atoms with Gasteiger partial charge in [-0.2, -0.15) is 4.89 Å². The van der Waals surface area contributed by atoms with Gasteiger partial charge in [0.25, 0.3) is 0 Å². The molecule has 0 fully saturated rings. The van der Waals surface area contributed by atoms with Gasteiger partial charge in [0.1, 0.15) is 0 Å². The minimum absolute atomic E-state index is 0.110. The number of nitrogens with one attached hydrogen (secondary N) is 1. The molecule has 2 N–H and O–H groups in total. The summed E-state index contributed by atoms with van der Waals surface area (Å²) in [5.74, 6) is -0.350. The summed E-state index contributed by atoms with van der Waals surface area (Å²) in [6, 6.07) is 0. The van der Waals surface area contributed by atoms with Crippen molar-refractivity contribution in [2.45, 2.75) is 84.5 Å². The Labute approximate surface area is 160 Å². The summed E-state index contributed by atoms with van der Waals surface area (Å²) < 4.78 is 0. The number of aliphatic hydroxyl groups excluding tert-OH is 1. The molecule has 0 saturated carbocycles. The van der Waals surface area contributed by atoms with Crippen molar-refractivity contribution < 1.29 is 19.7 Å². The van der Waals surface area contributed by atoms with Crippen molar-refractivity contribution >= 4 is 5.97 Å². The van der Waals surface area contributed by atoms with Crippen molar-refractivity contribution in [3.05, 3.63) is 12.2 Å². The zero-order valence-corrected chi connectivity index (χ0v) is 17.0. The molecule has 0 spiro atoms. The van der Waals surface area contributed by atoms with Gasteiger partial charge in [0.2, 0.25) is 0 Å². The normalized spacial score (nSPS) is 12.6. The second-order valence-electron chi connectivity index (χ2n) is 6.76. The molecule has 0 bridgehead atoms. The van der Waals surface area contributed by atoms with Crippen molar-refractivity contribution in [1.29, 1.82) is 0 Å². The van der Waals surface area contributed by atoms with Gasteiger partial charge in [-0.25, -0.2) is 4.79 Å². The zero-order valence-electron chi connectivity index (χ0n) is 17.0. The van der Waals surface area contributed by atoms with Gasteiger partial charge < -0.3 is 10.4 Å². The molecule has 0 aromatic rings. The van der Waals surface area contributed by atoms with Crippen LogP contribution in [0, 0.1) is 5.92 Å². The Hall–Kier alpha value is -0.910. The maximum absolute atomic E-state index is 12.3. The molecule has 154 valence electrons. The fraction of sp³-hybridized carbons (Fsp3) is 0.857. The summed E-state index contributed by atoms with van der Waals surface area (Å²) in [7, 11) is 0. The van der Waals surface area contributed by atoms with E-state index in [0.717, 1.165) is 70.9 Å². The summed E-state index contributed by atoms with van der Waals surface area (Å²) in [5.41, 5.74) is 0. The number of hydrogen-bond donors (Lipinski definition) is 2. The smallest absolute Gasteiger partial charge is 0.345 e. The Bertz CT molecular complexity index is 334. The highest BCUT2D eigenvalue weighted by Crippen LogP contribution is 2.16. The van der Waals surface area contributed by atoms with Gasteiger partial charge >= 0.3 is 5.97 Å². The quantitative estimate of drug-likeness (QED) is 0.151. The number of rotatable bonds is 19. The summed E-state index contributed by atoms with van der Waals surface area (Å²) in [5, 5.41) is 12.1. The second kappa shape index (κ2) is 20.4. The molecule has 0 aromatic carbocycles. The highest BCUT2D eigenvalue weighted by molar-refractivity contribution is 5.71. The monoisotopic (exact) mass is 371 g/mol. The van der Waals surface area contributed by atoms with E-state index < -0.39 is 0 Å². The molecule has 0 aliphatic rings. The first kappa shape index (κ1) is 25.1. The highest BCUT2D eigenvalue weighted by atomic mass is 17.2. The number of carbonyl (C=O) groups excluding carboxylic acids is 1. The van der Waals surface area contributed by atoms with E-state index in [4.69, 9.17) is 14.9 Å². The first-order valence-electron chi connectivity index (χ1n) is 10.6. The van der Waals surface area contributed by atoms with Crippen molar-refractivity contribution in [2.75, 3.05) is 26.3 Å². The van der Waals surface area contributed by atoms with Gasteiger partial charge in [0.15, 0.2) is 0 Å². The third kappa shape index (κ3) is 16.6. The molecule has 0 saturated heterocycles. The lowest BCUT2D eigenvalue weighted by Gasteiger charge is -2.15. The van der Waals surface area contributed by atoms with Crippen molar-refractivity contribution in [2.24, 2.45) is 5.92 Å². The molecule has 0 heterocycles. The second-order valence-corrected chi connectivity index (χ2v) is 6.76. The predicted octanol–water partition coefficient (Wildman–Crippen LogP) is 4.55. The molecule has 0 aromatic heterocycles. The zero-order chi connectivity index (χ0) is 19.3. The topological polar surface area (TPSA) is 67.8 Å². The van der Waals surface area contributed by atoms with Crippen LogP contribution in [0.25, 0.3) is 0 Å². The Morgan fingerprint density at radius 2 is 1.85 bits per heavy atom. The van der Waals surface area contributed by atoms with Gasteiger partial charge in [-0.1, -0.05) is 51.7 Å². The maximum Gasteiger partial charge on any atom is 0.345 e. The summed E-state index contributed by atoms with van der Waals surface area (Å²) in [6.07, 6.45) is 15.4. The molecule has 1 unspecified atom stereocenters. The van der Waals surface area contributed by atoms with Gasteiger partial charge in [-0.3, -0.25) is 4.89 Å². The minimum atomic E-state index is -0.240. The molecular formula is C21H41NO4. The van der Waals surface area contributed by atoms with E-state index in [9.17, 15) is 4.79 Å². The number of allylic oxidation sites excluding steroid dienone is 2. The first-order valence-corrected chi connectivity index (χ1v) is 10.6. The van der Waals surface area contributed by atoms with Gasteiger partial charge in [0.05, 0.1) is 12.5 Å². The Morgan fingerprint density at radius 1 is 1.00 bits per heavy atom. The van der Waals surface area contributed by atoms with Crippen molar-refractivity contribution in [3.8, 4) is 0 Å². The fourth-order valence-corrected chi connectivity index (χ4v) is 2.68. The van der Waals surface area contributed by atoms with E-state index in [1.54, 1.807) is 0 Å². The summed E-state index contributed by atoms with van der Waals surface area (Å²) in [4.78, 5) is 22.4. The first-order chi connectivity index (χ1) is 12.8. The molecule has 0 aliphatic carbocycles. The average Bonchev–Trinajstić information content (AvgIpc) is 2.65. The van der Waals surface area contributed by atoms with Crippen LogP contribution in [0.15, 0.2) is 12.2 Å². The molecule has 1 atom stereocenters. The fourth-order valence-electron chi connectivity index (χ4n) is 2.68. The molecule has 0 radical (unpaired) electrons. The predicted molar refractivity (Wildman–Crippen MR) is 107 cm³/mol. The molecule has 5 nitrogen and oxygen atoms in total. The summed E-state index contributed by atoms with van der Waals surface area (Å²) in [6.45, 7) is 6.50.